The number of methoxy groups -OCH3 is 1. The molecule has 15 heavy (non-hydrogen) atoms. The van der Waals surface area contributed by atoms with E-state index in [9.17, 15) is 0 Å². The Morgan fingerprint density at radius 2 is 2.07 bits per heavy atom. The monoisotopic (exact) mass is 214 g/mol. The Hall–Kier alpha value is -0.120. The van der Waals surface area contributed by atoms with Crippen LogP contribution in [0.2, 0.25) is 0 Å². The molecule has 1 aliphatic rings. The van der Waals surface area contributed by atoms with Crippen LogP contribution in [0.3, 0.4) is 0 Å². The van der Waals surface area contributed by atoms with Crippen molar-refractivity contribution < 1.29 is 4.74 Å². The average molecular weight is 214 g/mol. The van der Waals surface area contributed by atoms with Crippen molar-refractivity contribution in [3.63, 3.8) is 0 Å². The zero-order valence-electron chi connectivity index (χ0n) is 10.5. The van der Waals surface area contributed by atoms with Crippen LogP contribution in [-0.4, -0.2) is 18.8 Å². The summed E-state index contributed by atoms with van der Waals surface area (Å²) in [6.07, 6.45) is 5.22. The maximum Gasteiger partial charge on any atom is 0.0791 e. The summed E-state index contributed by atoms with van der Waals surface area (Å²) in [5, 5.41) is 0. The van der Waals surface area contributed by atoms with Crippen LogP contribution in [-0.2, 0) is 4.74 Å². The van der Waals surface area contributed by atoms with Gasteiger partial charge in [0.1, 0.15) is 0 Å². The minimum absolute atomic E-state index is 0.184. The molecule has 0 aliphatic heterocycles. The van der Waals surface area contributed by atoms with Gasteiger partial charge in [0.2, 0.25) is 0 Å². The van der Waals surface area contributed by atoms with Crippen LogP contribution in [0, 0.1) is 11.8 Å². The lowest BCUT2D eigenvalue weighted by Gasteiger charge is -2.41. The van der Waals surface area contributed by atoms with Gasteiger partial charge in [0, 0.05) is 7.11 Å². The molecule has 0 aromatic rings. The molecular formula is C12H26N2O. The summed E-state index contributed by atoms with van der Waals surface area (Å²) in [6.45, 7) is 6.55. The largest absolute Gasteiger partial charge is 0.377 e. The molecule has 1 saturated carbocycles. The van der Waals surface area contributed by atoms with Crippen molar-refractivity contribution in [2.75, 3.05) is 7.11 Å². The van der Waals surface area contributed by atoms with E-state index in [0.717, 1.165) is 5.92 Å². The van der Waals surface area contributed by atoms with Crippen molar-refractivity contribution in [3.05, 3.63) is 0 Å². The number of rotatable bonds is 4. The number of ether oxygens (including phenoxy) is 1. The second kappa shape index (κ2) is 5.28. The number of hydrazine groups is 1. The number of hydrogen-bond donors (Lipinski definition) is 2. The van der Waals surface area contributed by atoms with E-state index in [4.69, 9.17) is 10.6 Å². The van der Waals surface area contributed by atoms with Gasteiger partial charge in [-0.15, -0.1) is 0 Å². The van der Waals surface area contributed by atoms with Gasteiger partial charge in [0.25, 0.3) is 0 Å². The van der Waals surface area contributed by atoms with Gasteiger partial charge in [-0.1, -0.05) is 19.8 Å². The molecule has 3 N–H and O–H groups in total. The SMILES string of the molecule is COC(C)(C)C(NN)C1CCCC(C)C1. The van der Waals surface area contributed by atoms with Gasteiger partial charge in [-0.2, -0.15) is 0 Å². The Balaban J connectivity index is 2.65. The lowest BCUT2D eigenvalue weighted by atomic mass is 9.74. The first-order valence-electron chi connectivity index (χ1n) is 6.02. The zero-order chi connectivity index (χ0) is 11.5. The highest BCUT2D eigenvalue weighted by molar-refractivity contribution is 4.91. The summed E-state index contributed by atoms with van der Waals surface area (Å²) in [4.78, 5) is 0. The smallest absolute Gasteiger partial charge is 0.0791 e. The number of nitrogens with two attached hydrogens (primary N) is 1. The van der Waals surface area contributed by atoms with Gasteiger partial charge in [-0.3, -0.25) is 11.3 Å². The van der Waals surface area contributed by atoms with Crippen molar-refractivity contribution in [1.82, 2.24) is 5.43 Å². The molecule has 0 aromatic carbocycles. The van der Waals surface area contributed by atoms with Crippen molar-refractivity contribution in [2.45, 2.75) is 58.1 Å². The molecule has 0 spiro atoms. The Morgan fingerprint density at radius 1 is 1.40 bits per heavy atom. The molecule has 1 aliphatic carbocycles. The molecule has 0 bridgehead atoms. The lowest BCUT2D eigenvalue weighted by Crippen LogP contribution is -2.55. The Kier molecular flexibility index (Phi) is 4.56. The molecular weight excluding hydrogens is 188 g/mol. The molecule has 1 rings (SSSR count). The van der Waals surface area contributed by atoms with Crippen molar-refractivity contribution in [2.24, 2.45) is 17.7 Å². The number of nitrogens with one attached hydrogen (secondary N) is 1. The van der Waals surface area contributed by atoms with E-state index in [1.165, 1.54) is 25.7 Å². The topological polar surface area (TPSA) is 47.3 Å². The second-order valence-corrected chi connectivity index (χ2v) is 5.48. The molecule has 3 nitrogen and oxygen atoms in total. The predicted octanol–water partition coefficient (Wildman–Crippen LogP) is 2.07. The highest BCUT2D eigenvalue weighted by Gasteiger charge is 2.36. The molecule has 1 fully saturated rings. The van der Waals surface area contributed by atoms with Crippen LogP contribution >= 0.6 is 0 Å². The van der Waals surface area contributed by atoms with E-state index in [1.807, 2.05) is 0 Å². The van der Waals surface area contributed by atoms with Gasteiger partial charge in [0.05, 0.1) is 11.6 Å². The third kappa shape index (κ3) is 3.16. The van der Waals surface area contributed by atoms with E-state index < -0.39 is 0 Å². The third-order valence-electron chi connectivity index (χ3n) is 3.90. The summed E-state index contributed by atoms with van der Waals surface area (Å²) in [5.41, 5.74) is 2.77. The minimum atomic E-state index is -0.184. The standard InChI is InChI=1S/C12H26N2O/c1-9-6-5-7-10(8-9)11(14-13)12(2,3)15-4/h9-11,14H,5-8,13H2,1-4H3. The van der Waals surface area contributed by atoms with Crippen LogP contribution in [0.5, 0.6) is 0 Å². The fourth-order valence-corrected chi connectivity index (χ4v) is 2.82. The predicted molar refractivity (Wildman–Crippen MR) is 63.3 cm³/mol. The average Bonchev–Trinajstić information content (AvgIpc) is 2.18. The maximum absolute atomic E-state index is 5.68. The summed E-state index contributed by atoms with van der Waals surface area (Å²) < 4.78 is 5.54. The van der Waals surface area contributed by atoms with Crippen LogP contribution < -0.4 is 11.3 Å². The van der Waals surface area contributed by atoms with E-state index in [2.05, 4.69) is 26.2 Å². The molecule has 0 aromatic heterocycles. The summed E-state index contributed by atoms with van der Waals surface area (Å²) in [5.74, 6) is 7.15. The van der Waals surface area contributed by atoms with Gasteiger partial charge in [-0.25, -0.2) is 0 Å². The molecule has 3 atom stereocenters. The molecule has 3 heteroatoms. The van der Waals surface area contributed by atoms with E-state index in [-0.39, 0.29) is 11.6 Å². The first kappa shape index (κ1) is 12.9. The Morgan fingerprint density at radius 3 is 2.53 bits per heavy atom. The first-order valence-corrected chi connectivity index (χ1v) is 6.02. The first-order chi connectivity index (χ1) is 7.01. The normalized spacial score (nSPS) is 30.2. The molecule has 90 valence electrons. The second-order valence-electron chi connectivity index (χ2n) is 5.48. The fraction of sp³-hybridized carbons (Fsp3) is 1.00. The van der Waals surface area contributed by atoms with Gasteiger partial charge < -0.3 is 4.74 Å². The molecule has 3 unspecified atom stereocenters. The highest BCUT2D eigenvalue weighted by atomic mass is 16.5. The molecule has 0 saturated heterocycles. The minimum Gasteiger partial charge on any atom is -0.377 e. The van der Waals surface area contributed by atoms with Crippen LogP contribution in [0.15, 0.2) is 0 Å². The van der Waals surface area contributed by atoms with Gasteiger partial charge in [0.15, 0.2) is 0 Å². The highest BCUT2D eigenvalue weighted by Crippen LogP contribution is 2.34. The summed E-state index contributed by atoms with van der Waals surface area (Å²) in [7, 11) is 1.76. The number of hydrogen-bond acceptors (Lipinski definition) is 3. The maximum atomic E-state index is 5.68. The lowest BCUT2D eigenvalue weighted by molar-refractivity contribution is -0.0357. The van der Waals surface area contributed by atoms with E-state index in [0.29, 0.717) is 5.92 Å². The van der Waals surface area contributed by atoms with E-state index >= 15 is 0 Å². The van der Waals surface area contributed by atoms with Crippen LogP contribution in [0.4, 0.5) is 0 Å². The Bertz CT molecular complexity index is 194. The zero-order valence-corrected chi connectivity index (χ0v) is 10.5. The van der Waals surface area contributed by atoms with Crippen molar-refractivity contribution in [1.29, 1.82) is 0 Å². The fourth-order valence-electron chi connectivity index (χ4n) is 2.82. The van der Waals surface area contributed by atoms with Gasteiger partial charge >= 0.3 is 0 Å². The summed E-state index contributed by atoms with van der Waals surface area (Å²) in [6, 6.07) is 0.255. The molecule has 0 radical (unpaired) electrons. The van der Waals surface area contributed by atoms with Crippen molar-refractivity contribution >= 4 is 0 Å². The third-order valence-corrected chi connectivity index (χ3v) is 3.90. The van der Waals surface area contributed by atoms with Gasteiger partial charge in [-0.05, 0) is 38.5 Å². The Labute approximate surface area is 93.7 Å². The van der Waals surface area contributed by atoms with Crippen molar-refractivity contribution in [3.8, 4) is 0 Å². The molecule has 0 amide bonds. The van der Waals surface area contributed by atoms with Crippen LogP contribution in [0.25, 0.3) is 0 Å². The molecule has 0 heterocycles. The quantitative estimate of drug-likeness (QED) is 0.556. The van der Waals surface area contributed by atoms with Crippen LogP contribution in [0.1, 0.15) is 46.5 Å². The summed E-state index contributed by atoms with van der Waals surface area (Å²) >= 11 is 0. The van der Waals surface area contributed by atoms with E-state index in [1.54, 1.807) is 7.11 Å².